The third-order valence-corrected chi connectivity index (χ3v) is 1.75. The van der Waals surface area contributed by atoms with Gasteiger partial charge in [-0.3, -0.25) is 0 Å². The molecule has 0 fully saturated rings. The second-order valence-electron chi connectivity index (χ2n) is 2.91. The van der Waals surface area contributed by atoms with Gasteiger partial charge in [0.15, 0.2) is 5.71 Å². The van der Waals surface area contributed by atoms with E-state index in [2.05, 4.69) is 22.5 Å². The zero-order valence-electron chi connectivity index (χ0n) is 8.32. The van der Waals surface area contributed by atoms with E-state index in [1.165, 1.54) is 0 Å². The van der Waals surface area contributed by atoms with Gasteiger partial charge in [0.2, 0.25) is 0 Å². The minimum atomic E-state index is -0.0716. The van der Waals surface area contributed by atoms with Crippen LogP contribution in [0.2, 0.25) is 0 Å². The maximum atomic E-state index is 9.38. The van der Waals surface area contributed by atoms with Gasteiger partial charge < -0.3 is 25.6 Å². The summed E-state index contributed by atoms with van der Waals surface area (Å²) in [6.07, 6.45) is 5.99. The second kappa shape index (κ2) is 6.14. The Hall–Kier alpha value is -1.42. The molecule has 82 valence electrons. The lowest BCUT2D eigenvalue weighted by Gasteiger charge is -2.11. The first kappa shape index (κ1) is 11.7. The number of hydrogen-bond donors (Lipinski definition) is 4. The highest BCUT2D eigenvalue weighted by molar-refractivity contribution is 6.04. The first-order valence-corrected chi connectivity index (χ1v) is 4.71. The zero-order chi connectivity index (χ0) is 11.1. The molecule has 0 saturated heterocycles. The Kier molecular flexibility index (Phi) is 4.77. The number of rotatable bonds is 5. The summed E-state index contributed by atoms with van der Waals surface area (Å²) in [6.45, 7) is 0.612. The van der Waals surface area contributed by atoms with Crippen molar-refractivity contribution in [1.82, 2.24) is 5.32 Å². The molecule has 0 bridgehead atoms. The summed E-state index contributed by atoms with van der Waals surface area (Å²) >= 11 is 0. The van der Waals surface area contributed by atoms with E-state index in [0.29, 0.717) is 13.0 Å². The number of allylic oxidation sites excluding steroid dienone is 2. The van der Waals surface area contributed by atoms with Crippen LogP contribution >= 0.6 is 0 Å². The highest BCUT2D eigenvalue weighted by Crippen LogP contribution is 2.09. The maximum Gasteiger partial charge on any atom is 0.176 e. The largest absolute Gasteiger partial charge is 0.458 e. The van der Waals surface area contributed by atoms with Crippen molar-refractivity contribution in [2.75, 3.05) is 26.3 Å². The van der Waals surface area contributed by atoms with Gasteiger partial charge in [0.05, 0.1) is 13.2 Å². The van der Waals surface area contributed by atoms with E-state index in [4.69, 9.17) is 10.2 Å². The summed E-state index contributed by atoms with van der Waals surface area (Å²) in [4.78, 5) is 3.92. The van der Waals surface area contributed by atoms with Crippen molar-refractivity contribution < 1.29 is 15.3 Å². The topological polar surface area (TPSA) is 85.1 Å². The molecule has 1 aliphatic carbocycles. The summed E-state index contributed by atoms with van der Waals surface area (Å²) in [7, 11) is 0. The van der Waals surface area contributed by atoms with E-state index >= 15 is 0 Å². The van der Waals surface area contributed by atoms with E-state index in [9.17, 15) is 5.11 Å². The van der Waals surface area contributed by atoms with Crippen molar-refractivity contribution in [1.29, 1.82) is 0 Å². The third-order valence-electron chi connectivity index (χ3n) is 1.75. The van der Waals surface area contributed by atoms with Crippen molar-refractivity contribution in [3.63, 3.8) is 0 Å². The molecule has 1 aliphatic rings. The van der Waals surface area contributed by atoms with E-state index in [1.54, 1.807) is 0 Å². The smallest absolute Gasteiger partial charge is 0.176 e. The minimum absolute atomic E-state index is 0.0317. The van der Waals surface area contributed by atoms with Crippen LogP contribution in [0.4, 0.5) is 0 Å². The SMILES string of the molecule is OCCN=C1[C+]=C(NCCO)C[C-]=C1O. The third kappa shape index (κ3) is 3.67. The standard InChI is InChI=1S/C10H14N2O3/c13-5-3-11-8-1-2-10(15)9(7-8)12-4-6-14/h11,13-15H,1,3-6H2. The van der Waals surface area contributed by atoms with Gasteiger partial charge in [-0.1, -0.05) is 0 Å². The molecule has 15 heavy (non-hydrogen) atoms. The van der Waals surface area contributed by atoms with Crippen molar-refractivity contribution >= 4 is 5.71 Å². The fourth-order valence-electron chi connectivity index (χ4n) is 1.09. The van der Waals surface area contributed by atoms with E-state index in [1.807, 2.05) is 0 Å². The van der Waals surface area contributed by atoms with Gasteiger partial charge in [0.1, 0.15) is 11.5 Å². The first-order valence-electron chi connectivity index (χ1n) is 4.71. The maximum absolute atomic E-state index is 9.38. The van der Waals surface area contributed by atoms with Crippen LogP contribution in [0.25, 0.3) is 0 Å². The van der Waals surface area contributed by atoms with Gasteiger partial charge >= 0.3 is 0 Å². The van der Waals surface area contributed by atoms with Crippen molar-refractivity contribution in [2.45, 2.75) is 6.42 Å². The Morgan fingerprint density at radius 2 is 2.20 bits per heavy atom. The first-order chi connectivity index (χ1) is 7.27. The number of nitrogens with one attached hydrogen (secondary N) is 1. The molecule has 1 rings (SSSR count). The molecule has 0 saturated carbocycles. The molecule has 0 radical (unpaired) electrons. The summed E-state index contributed by atoms with van der Waals surface area (Å²) in [5, 5.41) is 29.5. The zero-order valence-corrected chi connectivity index (χ0v) is 8.32. The van der Waals surface area contributed by atoms with E-state index < -0.39 is 0 Å². The van der Waals surface area contributed by atoms with E-state index in [-0.39, 0.29) is 31.2 Å². The number of aliphatic hydroxyl groups excluding tert-OH is 3. The summed E-state index contributed by atoms with van der Waals surface area (Å²) < 4.78 is 0. The Labute approximate surface area is 88.5 Å². The fraction of sp³-hybridized carbons (Fsp3) is 0.500. The molecule has 0 aromatic rings. The molecule has 5 nitrogen and oxygen atoms in total. The lowest BCUT2D eigenvalue weighted by molar-refractivity contribution is 0.296. The van der Waals surface area contributed by atoms with Gasteiger partial charge in [-0.25, -0.2) is 0 Å². The monoisotopic (exact) mass is 210 g/mol. The molecule has 0 amide bonds. The van der Waals surface area contributed by atoms with Crippen LogP contribution in [0.1, 0.15) is 6.42 Å². The Bertz CT molecular complexity index is 295. The normalized spacial score (nSPS) is 18.1. The second-order valence-corrected chi connectivity index (χ2v) is 2.91. The molecular formula is C10H14N2O3. The van der Waals surface area contributed by atoms with Crippen LogP contribution < -0.4 is 5.32 Å². The van der Waals surface area contributed by atoms with Gasteiger partial charge in [-0.2, -0.15) is 0 Å². The lowest BCUT2D eigenvalue weighted by Crippen LogP contribution is -2.21. The highest BCUT2D eigenvalue weighted by atomic mass is 16.3. The predicted octanol–water partition coefficient (Wildman–Crippen LogP) is -0.663. The van der Waals surface area contributed by atoms with Crippen molar-refractivity contribution in [3.8, 4) is 0 Å². The Balaban J connectivity index is 2.62. The molecule has 0 heterocycles. The van der Waals surface area contributed by atoms with Crippen molar-refractivity contribution in [2.24, 2.45) is 4.99 Å². The molecule has 0 aliphatic heterocycles. The van der Waals surface area contributed by atoms with Crippen LogP contribution in [0, 0.1) is 12.2 Å². The molecule has 0 aromatic carbocycles. The van der Waals surface area contributed by atoms with Crippen LogP contribution in [0.5, 0.6) is 0 Å². The van der Waals surface area contributed by atoms with Crippen LogP contribution in [0.3, 0.4) is 0 Å². The number of hydrogen-bond acceptors (Lipinski definition) is 5. The predicted molar refractivity (Wildman–Crippen MR) is 55.2 cm³/mol. The van der Waals surface area contributed by atoms with Crippen LogP contribution in [-0.2, 0) is 0 Å². The van der Waals surface area contributed by atoms with Crippen molar-refractivity contribution in [3.05, 3.63) is 23.6 Å². The number of aliphatic hydroxyl groups is 3. The molecule has 0 spiro atoms. The van der Waals surface area contributed by atoms with Gasteiger partial charge in [0, 0.05) is 19.2 Å². The van der Waals surface area contributed by atoms with E-state index in [0.717, 1.165) is 5.70 Å². The molecule has 0 aromatic heterocycles. The Morgan fingerprint density at radius 1 is 1.40 bits per heavy atom. The Morgan fingerprint density at radius 3 is 2.87 bits per heavy atom. The number of nitrogens with zero attached hydrogens (tertiary/aromatic N) is 1. The summed E-state index contributed by atoms with van der Waals surface area (Å²) in [5.41, 5.74) is 1.01. The quantitative estimate of drug-likeness (QED) is 0.454. The average molecular weight is 210 g/mol. The van der Waals surface area contributed by atoms with Gasteiger partial charge in [-0.05, 0) is 6.42 Å². The van der Waals surface area contributed by atoms with Gasteiger partial charge in [-0.15, -0.1) is 6.08 Å². The molecule has 0 unspecified atom stereocenters. The molecule has 4 N–H and O–H groups in total. The molecule has 5 heteroatoms. The summed E-state index contributed by atoms with van der Waals surface area (Å²) in [5.74, 6) is -0.0435. The van der Waals surface area contributed by atoms with Gasteiger partial charge in [0.25, 0.3) is 0 Å². The minimum Gasteiger partial charge on any atom is -0.458 e. The van der Waals surface area contributed by atoms with Crippen LogP contribution in [0.15, 0.2) is 16.4 Å². The fourth-order valence-corrected chi connectivity index (χ4v) is 1.09. The highest BCUT2D eigenvalue weighted by Gasteiger charge is 2.12. The average Bonchev–Trinajstić information content (AvgIpc) is 2.26. The van der Waals surface area contributed by atoms with Crippen LogP contribution in [-0.4, -0.2) is 47.3 Å². The lowest BCUT2D eigenvalue weighted by atomic mass is 10.1. The molecular weight excluding hydrogens is 196 g/mol. The summed E-state index contributed by atoms with van der Waals surface area (Å²) in [6, 6.07) is 0. The molecule has 0 atom stereocenters. The number of aliphatic imine (C=N–C) groups is 1.